The van der Waals surface area contributed by atoms with Crippen LogP contribution >= 0.6 is 0 Å². The van der Waals surface area contributed by atoms with Gasteiger partial charge in [-0.1, -0.05) is 0 Å². The highest BCUT2D eigenvalue weighted by atomic mass is 19.1. The van der Waals surface area contributed by atoms with Crippen LogP contribution in [0, 0.1) is 5.82 Å². The van der Waals surface area contributed by atoms with Crippen molar-refractivity contribution in [1.29, 1.82) is 0 Å². The van der Waals surface area contributed by atoms with Gasteiger partial charge in [0, 0.05) is 12.1 Å². The van der Waals surface area contributed by atoms with Gasteiger partial charge in [0.25, 0.3) is 0 Å². The van der Waals surface area contributed by atoms with Crippen LogP contribution in [-0.4, -0.2) is 36.9 Å². The third-order valence-corrected chi connectivity index (χ3v) is 3.90. The maximum atomic E-state index is 13.5. The Hall–Kier alpha value is -2.31. The second kappa shape index (κ2) is 7.72. The maximum absolute atomic E-state index is 13.5. The van der Waals surface area contributed by atoms with Crippen molar-refractivity contribution >= 4 is 17.7 Å². The van der Waals surface area contributed by atoms with Gasteiger partial charge in [-0.15, -0.1) is 0 Å². The third-order valence-electron chi connectivity index (χ3n) is 3.90. The largest absolute Gasteiger partial charge is 0.465 e. The lowest BCUT2D eigenvalue weighted by Crippen LogP contribution is -2.38. The number of rotatable bonds is 4. The molecule has 1 amide bonds. The number of esters is 1. The van der Waals surface area contributed by atoms with Gasteiger partial charge in [-0.25, -0.2) is 14.0 Å². The average molecular weight is 352 g/mol. The number of hydrogen-bond donors (Lipinski definition) is 2. The lowest BCUT2D eigenvalue weighted by Gasteiger charge is -2.22. The van der Waals surface area contributed by atoms with E-state index in [-0.39, 0.29) is 17.6 Å². The molecule has 6 nitrogen and oxygen atoms in total. The molecule has 0 aromatic heterocycles. The van der Waals surface area contributed by atoms with Crippen LogP contribution in [-0.2, 0) is 9.47 Å². The van der Waals surface area contributed by atoms with Gasteiger partial charge in [0.1, 0.15) is 11.4 Å². The second-order valence-corrected chi connectivity index (χ2v) is 7.18. The van der Waals surface area contributed by atoms with Crippen LogP contribution in [0.1, 0.15) is 50.4 Å². The molecule has 1 aliphatic rings. The van der Waals surface area contributed by atoms with Crippen LogP contribution in [0.25, 0.3) is 0 Å². The van der Waals surface area contributed by atoms with Gasteiger partial charge in [-0.05, 0) is 58.2 Å². The average Bonchev–Trinajstić information content (AvgIpc) is 2.91. The molecule has 0 saturated heterocycles. The Bertz CT molecular complexity index is 642. The zero-order valence-electron chi connectivity index (χ0n) is 15.0. The van der Waals surface area contributed by atoms with Crippen LogP contribution in [0.2, 0.25) is 0 Å². The first kappa shape index (κ1) is 19.0. The number of anilines is 1. The van der Waals surface area contributed by atoms with E-state index in [1.807, 2.05) is 20.8 Å². The monoisotopic (exact) mass is 352 g/mol. The van der Waals surface area contributed by atoms with Gasteiger partial charge in [0.2, 0.25) is 0 Å². The lowest BCUT2D eigenvalue weighted by molar-refractivity contribution is 0.0504. The van der Waals surface area contributed by atoms with Crippen molar-refractivity contribution in [2.24, 2.45) is 0 Å². The molecule has 2 unspecified atom stereocenters. The summed E-state index contributed by atoms with van der Waals surface area (Å²) in [6, 6.07) is 3.89. The van der Waals surface area contributed by atoms with Crippen LogP contribution in [0.15, 0.2) is 18.2 Å². The van der Waals surface area contributed by atoms with Crippen molar-refractivity contribution < 1.29 is 23.5 Å². The number of carbonyl (C=O) groups is 2. The summed E-state index contributed by atoms with van der Waals surface area (Å²) in [6.45, 7) is 5.43. The number of halogens is 1. The van der Waals surface area contributed by atoms with Crippen LogP contribution < -0.4 is 10.6 Å². The minimum absolute atomic E-state index is 0.0187. The summed E-state index contributed by atoms with van der Waals surface area (Å²) in [5.41, 5.74) is 0.138. The lowest BCUT2D eigenvalue weighted by atomic mass is 10.1. The zero-order valence-corrected chi connectivity index (χ0v) is 15.0. The molecule has 1 saturated carbocycles. The number of benzene rings is 1. The van der Waals surface area contributed by atoms with Crippen LogP contribution in [0.5, 0.6) is 0 Å². The standard InChI is InChI=1S/C18H25FN2O4/c1-18(2,3)25-17(23)21-13-7-6-12(10-13)20-15-9-11(19)5-8-14(15)16(22)24-4/h5,8-9,12-13,20H,6-7,10H2,1-4H3,(H,21,23). The van der Waals surface area contributed by atoms with E-state index < -0.39 is 23.5 Å². The molecule has 2 N–H and O–H groups in total. The van der Waals surface area contributed by atoms with Crippen molar-refractivity contribution in [3.63, 3.8) is 0 Å². The van der Waals surface area contributed by atoms with E-state index in [4.69, 9.17) is 9.47 Å². The molecule has 2 rings (SSSR count). The maximum Gasteiger partial charge on any atom is 0.407 e. The fraction of sp³-hybridized carbons (Fsp3) is 0.556. The van der Waals surface area contributed by atoms with Crippen molar-refractivity contribution in [2.75, 3.05) is 12.4 Å². The fourth-order valence-corrected chi connectivity index (χ4v) is 2.86. The molecule has 1 aromatic carbocycles. The number of alkyl carbamates (subject to hydrolysis) is 1. The Balaban J connectivity index is 1.96. The quantitative estimate of drug-likeness (QED) is 0.812. The highest BCUT2D eigenvalue weighted by Crippen LogP contribution is 2.26. The topological polar surface area (TPSA) is 76.7 Å². The van der Waals surface area contributed by atoms with Gasteiger partial charge in [0.05, 0.1) is 18.4 Å². The van der Waals surface area contributed by atoms with E-state index in [0.717, 1.165) is 12.8 Å². The highest BCUT2D eigenvalue weighted by Gasteiger charge is 2.28. The summed E-state index contributed by atoms with van der Waals surface area (Å²) in [6.07, 6.45) is 1.78. The van der Waals surface area contributed by atoms with Gasteiger partial charge in [-0.2, -0.15) is 0 Å². The Labute approximate surface area is 147 Å². The zero-order chi connectivity index (χ0) is 18.6. The number of nitrogens with one attached hydrogen (secondary N) is 2. The molecule has 2 atom stereocenters. The number of ether oxygens (including phenoxy) is 2. The molecule has 7 heteroatoms. The Morgan fingerprint density at radius 1 is 1.20 bits per heavy atom. The molecule has 0 radical (unpaired) electrons. The minimum Gasteiger partial charge on any atom is -0.465 e. The molecule has 0 heterocycles. The van der Waals surface area contributed by atoms with Crippen LogP contribution in [0.3, 0.4) is 0 Å². The smallest absolute Gasteiger partial charge is 0.407 e. The molecule has 0 bridgehead atoms. The van der Waals surface area contributed by atoms with Gasteiger partial charge < -0.3 is 20.1 Å². The molecule has 1 aromatic rings. The normalized spacial score (nSPS) is 20.0. The van der Waals surface area contributed by atoms with Crippen molar-refractivity contribution in [3.05, 3.63) is 29.6 Å². The highest BCUT2D eigenvalue weighted by molar-refractivity contribution is 5.95. The van der Waals surface area contributed by atoms with E-state index >= 15 is 0 Å². The van der Waals surface area contributed by atoms with E-state index in [2.05, 4.69) is 10.6 Å². The molecule has 1 aliphatic carbocycles. The van der Waals surface area contributed by atoms with E-state index in [0.29, 0.717) is 12.1 Å². The van der Waals surface area contributed by atoms with Gasteiger partial charge >= 0.3 is 12.1 Å². The number of carbonyl (C=O) groups excluding carboxylic acids is 2. The molecule has 25 heavy (non-hydrogen) atoms. The molecule has 138 valence electrons. The summed E-state index contributed by atoms with van der Waals surface area (Å²) in [5, 5.41) is 6.03. The SMILES string of the molecule is COC(=O)c1ccc(F)cc1NC1CCC(NC(=O)OC(C)(C)C)C1. The fourth-order valence-electron chi connectivity index (χ4n) is 2.86. The van der Waals surface area contributed by atoms with Crippen molar-refractivity contribution in [3.8, 4) is 0 Å². The van der Waals surface area contributed by atoms with Crippen molar-refractivity contribution in [2.45, 2.75) is 57.7 Å². The van der Waals surface area contributed by atoms with E-state index in [9.17, 15) is 14.0 Å². The first-order chi connectivity index (χ1) is 11.7. The molecule has 1 fully saturated rings. The van der Waals surface area contributed by atoms with Crippen molar-refractivity contribution in [1.82, 2.24) is 5.32 Å². The number of hydrogen-bond acceptors (Lipinski definition) is 5. The van der Waals surface area contributed by atoms with Crippen LogP contribution in [0.4, 0.5) is 14.9 Å². The van der Waals surface area contributed by atoms with E-state index in [1.54, 1.807) is 0 Å². The second-order valence-electron chi connectivity index (χ2n) is 7.18. The summed E-state index contributed by atoms with van der Waals surface area (Å²) < 4.78 is 23.5. The van der Waals surface area contributed by atoms with Gasteiger partial charge in [0.15, 0.2) is 0 Å². The number of amides is 1. The first-order valence-corrected chi connectivity index (χ1v) is 8.32. The Kier molecular flexibility index (Phi) is 5.87. The predicted octanol–water partition coefficient (Wildman–Crippen LogP) is 3.47. The Morgan fingerprint density at radius 2 is 1.88 bits per heavy atom. The Morgan fingerprint density at radius 3 is 2.52 bits per heavy atom. The molecular weight excluding hydrogens is 327 g/mol. The molecule has 0 spiro atoms. The third kappa shape index (κ3) is 5.62. The summed E-state index contributed by atoms with van der Waals surface area (Å²) in [5.74, 6) is -0.958. The minimum atomic E-state index is -0.544. The summed E-state index contributed by atoms with van der Waals surface area (Å²) in [4.78, 5) is 23.6. The van der Waals surface area contributed by atoms with Gasteiger partial charge in [-0.3, -0.25) is 0 Å². The summed E-state index contributed by atoms with van der Waals surface area (Å²) in [7, 11) is 1.28. The summed E-state index contributed by atoms with van der Waals surface area (Å²) >= 11 is 0. The predicted molar refractivity (Wildman–Crippen MR) is 92.2 cm³/mol. The number of methoxy groups -OCH3 is 1. The molecular formula is C18H25FN2O4. The first-order valence-electron chi connectivity index (χ1n) is 8.32. The molecule has 0 aliphatic heterocycles. The van der Waals surface area contributed by atoms with E-state index in [1.165, 1.54) is 25.3 Å².